The number of methoxy groups -OCH3 is 1. The van der Waals surface area contributed by atoms with Gasteiger partial charge in [-0.05, 0) is 41.8 Å². The highest BCUT2D eigenvalue weighted by atomic mass is 32.2. The second kappa shape index (κ2) is 9.43. The zero-order chi connectivity index (χ0) is 24.5. The van der Waals surface area contributed by atoms with E-state index >= 15 is 0 Å². The van der Waals surface area contributed by atoms with Crippen LogP contribution in [0.2, 0.25) is 0 Å². The Hall–Kier alpha value is -3.44. The van der Waals surface area contributed by atoms with E-state index in [1.807, 2.05) is 31.2 Å². The number of benzene rings is 2. The number of aliphatic imine (C=N–C) groups is 1. The van der Waals surface area contributed by atoms with Crippen molar-refractivity contribution in [2.45, 2.75) is 20.5 Å². The first-order chi connectivity index (χ1) is 16.2. The molecular weight excluding hydrogens is 476 g/mol. The van der Waals surface area contributed by atoms with Crippen LogP contribution < -0.4 is 9.47 Å². The van der Waals surface area contributed by atoms with Crippen molar-refractivity contribution in [1.82, 2.24) is 4.90 Å². The van der Waals surface area contributed by atoms with Crippen molar-refractivity contribution in [2.24, 2.45) is 9.39 Å². The Morgan fingerprint density at radius 2 is 1.94 bits per heavy atom. The standard InChI is InChI=1S/C23H22N4O5S2/c1-4-34(29,30)23-26-33-22-25-21(28)17(20(24)27(22)23)11-15-9-10-18(19(12-15)31-3)32-13-16-8-6-5-7-14(16)2/h5-12,24H,4,13H2,1-3H3/b17-11-,24-20?. The van der Waals surface area contributed by atoms with E-state index in [1.54, 1.807) is 18.2 Å². The molecule has 1 N–H and O–H groups in total. The van der Waals surface area contributed by atoms with E-state index in [2.05, 4.69) is 9.39 Å². The number of carbonyl (C=O) groups is 1. The molecule has 34 heavy (non-hydrogen) atoms. The van der Waals surface area contributed by atoms with Crippen molar-refractivity contribution in [1.29, 1.82) is 5.41 Å². The van der Waals surface area contributed by atoms with E-state index in [1.165, 1.54) is 20.1 Å². The molecule has 0 bridgehead atoms. The fourth-order valence-electron chi connectivity index (χ4n) is 3.32. The number of hydrogen-bond donors (Lipinski definition) is 1. The van der Waals surface area contributed by atoms with Crippen LogP contribution in [-0.4, -0.2) is 48.3 Å². The Balaban J connectivity index is 1.61. The summed E-state index contributed by atoms with van der Waals surface area (Å²) in [7, 11) is -2.19. The molecule has 0 unspecified atom stereocenters. The monoisotopic (exact) mass is 498 g/mol. The lowest BCUT2D eigenvalue weighted by Gasteiger charge is -2.24. The molecule has 4 rings (SSSR count). The molecule has 0 spiro atoms. The molecule has 0 radical (unpaired) electrons. The first-order valence-corrected chi connectivity index (χ1v) is 12.7. The summed E-state index contributed by atoms with van der Waals surface area (Å²) in [6.07, 6.45) is 1.47. The van der Waals surface area contributed by atoms with Gasteiger partial charge in [0.15, 0.2) is 11.5 Å². The Kier molecular flexibility index (Phi) is 6.58. The number of nitrogens with zero attached hydrogens (tertiary/aromatic N) is 3. The third-order valence-electron chi connectivity index (χ3n) is 5.30. The van der Waals surface area contributed by atoms with E-state index in [0.29, 0.717) is 23.7 Å². The molecule has 1 amide bonds. The predicted octanol–water partition coefficient (Wildman–Crippen LogP) is 3.59. The van der Waals surface area contributed by atoms with Gasteiger partial charge in [-0.2, -0.15) is 9.39 Å². The summed E-state index contributed by atoms with van der Waals surface area (Å²) < 4.78 is 40.1. The van der Waals surface area contributed by atoms with Crippen LogP contribution in [0, 0.1) is 12.3 Å². The summed E-state index contributed by atoms with van der Waals surface area (Å²) in [6, 6.07) is 13.0. The fraction of sp³-hybridized carbons (Fsp3) is 0.217. The van der Waals surface area contributed by atoms with E-state index < -0.39 is 15.7 Å². The van der Waals surface area contributed by atoms with E-state index in [-0.39, 0.29) is 27.5 Å². The number of ether oxygens (including phenoxy) is 2. The van der Waals surface area contributed by atoms with Gasteiger partial charge in [-0.1, -0.05) is 37.3 Å². The Bertz CT molecular complexity index is 1380. The smallest absolute Gasteiger partial charge is 0.283 e. The third-order valence-corrected chi connectivity index (χ3v) is 7.70. The van der Waals surface area contributed by atoms with Crippen LogP contribution >= 0.6 is 11.9 Å². The lowest BCUT2D eigenvalue weighted by atomic mass is 10.1. The van der Waals surface area contributed by atoms with Crippen LogP contribution in [0.3, 0.4) is 0 Å². The van der Waals surface area contributed by atoms with Crippen LogP contribution in [0.5, 0.6) is 11.5 Å². The summed E-state index contributed by atoms with van der Waals surface area (Å²) in [4.78, 5) is 17.6. The van der Waals surface area contributed by atoms with Crippen LogP contribution in [0.1, 0.15) is 23.6 Å². The van der Waals surface area contributed by atoms with Crippen molar-refractivity contribution in [3.8, 4) is 11.5 Å². The number of amidine groups is 3. The molecule has 0 saturated heterocycles. The van der Waals surface area contributed by atoms with Crippen molar-refractivity contribution in [3.05, 3.63) is 64.7 Å². The Morgan fingerprint density at radius 1 is 1.18 bits per heavy atom. The van der Waals surface area contributed by atoms with Crippen molar-refractivity contribution in [3.63, 3.8) is 0 Å². The van der Waals surface area contributed by atoms with Crippen molar-refractivity contribution in [2.75, 3.05) is 12.9 Å². The van der Waals surface area contributed by atoms with Gasteiger partial charge in [0.05, 0.1) is 30.4 Å². The number of rotatable bonds is 6. The maximum absolute atomic E-state index is 12.6. The van der Waals surface area contributed by atoms with Gasteiger partial charge in [0.1, 0.15) is 12.4 Å². The number of carbonyl (C=O) groups excluding carboxylic acids is 1. The Labute approximate surface area is 201 Å². The largest absolute Gasteiger partial charge is 0.493 e. The molecule has 2 aliphatic heterocycles. The predicted molar refractivity (Wildman–Crippen MR) is 133 cm³/mol. The van der Waals surface area contributed by atoms with Gasteiger partial charge in [-0.25, -0.2) is 13.3 Å². The average molecular weight is 499 g/mol. The molecule has 0 atom stereocenters. The van der Waals surface area contributed by atoms with E-state index in [9.17, 15) is 13.2 Å². The molecule has 176 valence electrons. The first kappa shape index (κ1) is 23.7. The van der Waals surface area contributed by atoms with Crippen LogP contribution in [0.25, 0.3) is 6.08 Å². The summed E-state index contributed by atoms with van der Waals surface area (Å²) in [5, 5.41) is 8.26. The zero-order valence-electron chi connectivity index (χ0n) is 18.7. The van der Waals surface area contributed by atoms with Gasteiger partial charge >= 0.3 is 0 Å². The first-order valence-electron chi connectivity index (χ1n) is 10.3. The topological polar surface area (TPSA) is 121 Å². The summed E-state index contributed by atoms with van der Waals surface area (Å²) in [5.41, 5.74) is 2.68. The minimum Gasteiger partial charge on any atom is -0.493 e. The van der Waals surface area contributed by atoms with Gasteiger partial charge in [-0.3, -0.25) is 10.2 Å². The van der Waals surface area contributed by atoms with E-state index in [4.69, 9.17) is 14.9 Å². The molecule has 0 aromatic heterocycles. The maximum atomic E-state index is 12.6. The van der Waals surface area contributed by atoms with Gasteiger partial charge < -0.3 is 9.47 Å². The second-order valence-electron chi connectivity index (χ2n) is 7.44. The number of fused-ring (bicyclic) bond motifs is 1. The minimum absolute atomic E-state index is 0.0525. The highest BCUT2D eigenvalue weighted by molar-refractivity contribution is 8.16. The maximum Gasteiger partial charge on any atom is 0.283 e. The molecule has 2 aromatic carbocycles. The molecule has 2 heterocycles. The molecule has 0 saturated carbocycles. The molecular formula is C23H22N4O5S2. The zero-order valence-corrected chi connectivity index (χ0v) is 20.4. The highest BCUT2D eigenvalue weighted by Crippen LogP contribution is 2.33. The summed E-state index contributed by atoms with van der Waals surface area (Å²) in [5.74, 6) is -0.146. The second-order valence-corrected chi connectivity index (χ2v) is 10.3. The van der Waals surface area contributed by atoms with Crippen LogP contribution in [-0.2, 0) is 21.2 Å². The van der Waals surface area contributed by atoms with E-state index in [0.717, 1.165) is 28.0 Å². The number of amides is 1. The Morgan fingerprint density at radius 3 is 2.65 bits per heavy atom. The molecule has 2 aromatic rings. The number of aryl methyl sites for hydroxylation is 1. The van der Waals surface area contributed by atoms with Gasteiger partial charge in [0.2, 0.25) is 20.2 Å². The number of hydrogen-bond acceptors (Lipinski definition) is 8. The lowest BCUT2D eigenvalue weighted by molar-refractivity contribution is -0.114. The van der Waals surface area contributed by atoms with Crippen molar-refractivity contribution < 1.29 is 22.7 Å². The molecule has 2 aliphatic rings. The van der Waals surface area contributed by atoms with Crippen LogP contribution in [0.15, 0.2) is 57.4 Å². The molecule has 0 fully saturated rings. The SMILES string of the molecule is CCS(=O)(=O)C1=NSC2=NC(=O)/C(=C\c3ccc(OCc4ccccc4C)c(OC)c3)C(=N)N21. The molecule has 0 aliphatic carbocycles. The number of nitrogens with one attached hydrogen (secondary N) is 1. The van der Waals surface area contributed by atoms with Gasteiger partial charge in [0, 0.05) is 0 Å². The fourth-order valence-corrected chi connectivity index (χ4v) is 5.28. The highest BCUT2D eigenvalue weighted by Gasteiger charge is 2.42. The molecule has 9 nitrogen and oxygen atoms in total. The van der Waals surface area contributed by atoms with Crippen LogP contribution in [0.4, 0.5) is 0 Å². The minimum atomic E-state index is -3.71. The average Bonchev–Trinajstić information content (AvgIpc) is 3.26. The molecule has 11 heteroatoms. The van der Waals surface area contributed by atoms with Gasteiger partial charge in [0.25, 0.3) is 5.91 Å². The van der Waals surface area contributed by atoms with Crippen molar-refractivity contribution >= 4 is 49.9 Å². The third kappa shape index (κ3) is 4.48. The normalized spacial score (nSPS) is 16.9. The lowest BCUT2D eigenvalue weighted by Crippen LogP contribution is -2.45. The quantitative estimate of drug-likeness (QED) is 0.477. The summed E-state index contributed by atoms with van der Waals surface area (Å²) >= 11 is 0.764. The summed E-state index contributed by atoms with van der Waals surface area (Å²) in [6.45, 7) is 3.86. The number of sulfone groups is 1. The van der Waals surface area contributed by atoms with Gasteiger partial charge in [-0.15, -0.1) is 0 Å².